The summed E-state index contributed by atoms with van der Waals surface area (Å²) in [6.45, 7) is 8.48. The molecule has 47 heavy (non-hydrogen) atoms. The number of carbonyl (C=O) groups is 3. The predicted octanol–water partition coefficient (Wildman–Crippen LogP) is 0.577. The molecule has 0 radical (unpaired) electrons. The number of aryl methyl sites for hydroxylation is 2. The van der Waals surface area contributed by atoms with Crippen molar-refractivity contribution in [3.05, 3.63) is 34.4 Å². The first kappa shape index (κ1) is 34.1. The van der Waals surface area contributed by atoms with Gasteiger partial charge in [0.05, 0.1) is 18.7 Å². The van der Waals surface area contributed by atoms with Crippen molar-refractivity contribution in [1.82, 2.24) is 40.7 Å². The summed E-state index contributed by atoms with van der Waals surface area (Å²) in [5.74, 6) is -0.161. The van der Waals surface area contributed by atoms with Crippen molar-refractivity contribution in [3.63, 3.8) is 0 Å². The molecule has 16 heteroatoms. The first-order valence-electron chi connectivity index (χ1n) is 16.2. The first-order valence-corrected chi connectivity index (χ1v) is 16.5. The fraction of sp³-hybridized carbons (Fsp3) is 0.548. The minimum absolute atomic E-state index is 0.0294. The number of ether oxygens (including phenoxy) is 1. The van der Waals surface area contributed by atoms with Crippen LogP contribution in [0.5, 0.6) is 5.75 Å². The van der Waals surface area contributed by atoms with Gasteiger partial charge in [0, 0.05) is 24.2 Å². The van der Waals surface area contributed by atoms with Gasteiger partial charge in [0.1, 0.15) is 12.3 Å². The van der Waals surface area contributed by atoms with E-state index in [1.165, 1.54) is 0 Å². The van der Waals surface area contributed by atoms with E-state index in [-0.39, 0.29) is 59.5 Å². The van der Waals surface area contributed by atoms with E-state index < -0.39 is 5.91 Å². The van der Waals surface area contributed by atoms with Crippen LogP contribution in [0.3, 0.4) is 0 Å². The topological polar surface area (TPSA) is 198 Å². The zero-order valence-electron chi connectivity index (χ0n) is 27.2. The minimum atomic E-state index is -0.561. The molecule has 2 saturated heterocycles. The second kappa shape index (κ2) is 15.1. The Morgan fingerprint density at radius 1 is 1.02 bits per heavy atom. The van der Waals surface area contributed by atoms with E-state index in [9.17, 15) is 14.4 Å². The number of likely N-dealkylation sites (tertiary alicyclic amines) is 1. The molecular weight excluding hydrogens is 626 g/mol. The molecule has 0 unspecified atom stereocenters. The van der Waals surface area contributed by atoms with Gasteiger partial charge in [0.15, 0.2) is 40.1 Å². The smallest absolute Gasteiger partial charge is 0.277 e. The van der Waals surface area contributed by atoms with E-state index >= 15 is 0 Å². The average molecular weight is 671 g/mol. The normalized spacial score (nSPS) is 16.3. The molecule has 4 heterocycles. The van der Waals surface area contributed by atoms with E-state index in [0.717, 1.165) is 68.7 Å². The third-order valence-electron chi connectivity index (χ3n) is 8.80. The summed E-state index contributed by atoms with van der Waals surface area (Å²) in [5, 5.41) is 12.3. The number of piperidine rings is 2. The second-order valence-electron chi connectivity index (χ2n) is 12.0. The van der Waals surface area contributed by atoms with Gasteiger partial charge in [-0.25, -0.2) is 19.1 Å². The lowest BCUT2D eigenvalue weighted by atomic mass is 10.1. The molecule has 2 aliphatic heterocycles. The van der Waals surface area contributed by atoms with Crippen LogP contribution in [-0.2, 0) is 24.4 Å². The van der Waals surface area contributed by atoms with Crippen LogP contribution >= 0.6 is 11.6 Å². The summed E-state index contributed by atoms with van der Waals surface area (Å²) < 4.78 is 10.2. The lowest BCUT2D eigenvalue weighted by Gasteiger charge is -2.29. The maximum Gasteiger partial charge on any atom is 0.277 e. The van der Waals surface area contributed by atoms with Crippen LogP contribution in [0.4, 0.5) is 11.6 Å². The Hall–Kier alpha value is -4.21. The quantitative estimate of drug-likeness (QED) is 0.157. The third kappa shape index (κ3) is 7.85. The fourth-order valence-corrected chi connectivity index (χ4v) is 6.38. The van der Waals surface area contributed by atoms with E-state index in [1.807, 2.05) is 23.0 Å². The standard InChI is InChI=1S/C31H44ClN11O4/c1-4-42-21-14-20(30(45)38-18-6-10-35-11-7-18)23(47-17-24(44)37-19-8-12-41(3)13-9-19)15-22(21)43(5-2)25(42)16-36-31(46)26-28(33)40-29(34)27(32)39-26/h14-15,18-19,35H,4-13,16-17H2,1-3H3,(H6-,33,34,36,37,38,40,44,45,46)/p+1. The number of nitrogens with two attached hydrogens (primary N) is 2. The molecule has 0 spiro atoms. The predicted molar refractivity (Wildman–Crippen MR) is 178 cm³/mol. The summed E-state index contributed by atoms with van der Waals surface area (Å²) in [6, 6.07) is 3.73. The molecule has 0 atom stereocenters. The van der Waals surface area contributed by atoms with Crippen LogP contribution in [0, 0.1) is 0 Å². The molecule has 0 saturated carbocycles. The van der Waals surface area contributed by atoms with Gasteiger partial charge in [-0.1, -0.05) is 11.6 Å². The van der Waals surface area contributed by atoms with Crippen molar-refractivity contribution in [1.29, 1.82) is 0 Å². The highest BCUT2D eigenvalue weighted by Gasteiger charge is 2.29. The zero-order chi connectivity index (χ0) is 33.7. The molecule has 0 bridgehead atoms. The van der Waals surface area contributed by atoms with Crippen LogP contribution in [0.1, 0.15) is 66.2 Å². The Morgan fingerprint density at radius 3 is 2.40 bits per heavy atom. The molecule has 0 aliphatic carbocycles. The number of carbonyl (C=O) groups excluding carboxylic acids is 3. The SMILES string of the molecule is CCn1c(CNC(=O)c2nc(Cl)c(N)nc2N)[n+](CC)c2cc(C(=O)NC3CCNCC3)c(OCC(=O)NC3CCN(C)CC3)cc21. The summed E-state index contributed by atoms with van der Waals surface area (Å²) in [6.07, 6.45) is 3.40. The first-order chi connectivity index (χ1) is 22.6. The van der Waals surface area contributed by atoms with E-state index in [0.29, 0.717) is 24.4 Å². The maximum atomic E-state index is 13.8. The molecular formula is C31H45ClN11O4+. The van der Waals surface area contributed by atoms with Gasteiger partial charge in [0.25, 0.3) is 23.5 Å². The van der Waals surface area contributed by atoms with Crippen LogP contribution in [0.15, 0.2) is 12.1 Å². The van der Waals surface area contributed by atoms with Crippen LogP contribution in [0.25, 0.3) is 11.0 Å². The monoisotopic (exact) mass is 670 g/mol. The number of nitrogens with zero attached hydrogens (tertiary/aromatic N) is 5. The molecule has 2 fully saturated rings. The van der Waals surface area contributed by atoms with Crippen molar-refractivity contribution < 1.29 is 23.7 Å². The van der Waals surface area contributed by atoms with Gasteiger partial charge in [-0.2, -0.15) is 0 Å². The molecule has 8 N–H and O–H groups in total. The summed E-state index contributed by atoms with van der Waals surface area (Å²) >= 11 is 5.99. The van der Waals surface area contributed by atoms with E-state index in [2.05, 4.69) is 43.2 Å². The number of nitrogen functional groups attached to an aromatic ring is 2. The fourth-order valence-electron chi connectivity index (χ4n) is 6.25. The molecule has 254 valence electrons. The number of anilines is 2. The Balaban J connectivity index is 1.44. The molecule has 3 amide bonds. The number of hydrogen-bond acceptors (Lipinski definition) is 10. The van der Waals surface area contributed by atoms with Crippen molar-refractivity contribution in [2.45, 2.75) is 71.2 Å². The average Bonchev–Trinajstić information content (AvgIpc) is 3.36. The van der Waals surface area contributed by atoms with Crippen LogP contribution < -0.4 is 42.0 Å². The number of rotatable bonds is 11. The van der Waals surface area contributed by atoms with Crippen molar-refractivity contribution in [2.24, 2.45) is 0 Å². The number of nitrogens with one attached hydrogen (secondary N) is 4. The van der Waals surface area contributed by atoms with Gasteiger partial charge in [-0.05, 0) is 72.8 Å². The second-order valence-corrected chi connectivity index (χ2v) is 12.3. The lowest BCUT2D eigenvalue weighted by Crippen LogP contribution is -2.45. The minimum Gasteiger partial charge on any atom is -0.483 e. The molecule has 1 aromatic carbocycles. The highest BCUT2D eigenvalue weighted by atomic mass is 35.5. The number of fused-ring (bicyclic) bond motifs is 1. The maximum absolute atomic E-state index is 13.8. The molecule has 2 aromatic heterocycles. The Labute approximate surface area is 278 Å². The Kier molecular flexibility index (Phi) is 11.0. The van der Waals surface area contributed by atoms with Gasteiger partial charge < -0.3 is 42.4 Å². The van der Waals surface area contributed by atoms with Gasteiger partial charge in [0.2, 0.25) is 0 Å². The van der Waals surface area contributed by atoms with Crippen molar-refractivity contribution in [2.75, 3.05) is 51.3 Å². The van der Waals surface area contributed by atoms with Gasteiger partial charge >= 0.3 is 0 Å². The molecule has 3 aromatic rings. The number of halogens is 1. The number of benzene rings is 1. The Morgan fingerprint density at radius 2 is 1.72 bits per heavy atom. The van der Waals surface area contributed by atoms with Crippen LogP contribution in [-0.4, -0.2) is 89.1 Å². The number of amides is 3. The van der Waals surface area contributed by atoms with Gasteiger partial charge in [-0.3, -0.25) is 14.4 Å². The number of imidazole rings is 1. The summed E-state index contributed by atoms with van der Waals surface area (Å²) in [4.78, 5) is 49.9. The van der Waals surface area contributed by atoms with Crippen LogP contribution in [0.2, 0.25) is 5.15 Å². The highest BCUT2D eigenvalue weighted by molar-refractivity contribution is 6.31. The van der Waals surface area contributed by atoms with E-state index in [4.69, 9.17) is 27.8 Å². The molecule has 5 rings (SSSR count). The number of aromatic nitrogens is 4. The number of hydrogen-bond donors (Lipinski definition) is 6. The highest BCUT2D eigenvalue weighted by Crippen LogP contribution is 2.27. The van der Waals surface area contributed by atoms with Crippen molar-refractivity contribution in [3.8, 4) is 5.75 Å². The Bertz CT molecular complexity index is 1630. The van der Waals surface area contributed by atoms with Crippen molar-refractivity contribution >= 4 is 52.0 Å². The lowest BCUT2D eigenvalue weighted by molar-refractivity contribution is -0.676. The van der Waals surface area contributed by atoms with Gasteiger partial charge in [-0.15, -0.1) is 0 Å². The zero-order valence-corrected chi connectivity index (χ0v) is 28.0. The summed E-state index contributed by atoms with van der Waals surface area (Å²) in [7, 11) is 2.07. The third-order valence-corrected chi connectivity index (χ3v) is 9.08. The largest absolute Gasteiger partial charge is 0.483 e. The molecule has 2 aliphatic rings. The summed E-state index contributed by atoms with van der Waals surface area (Å²) in [5.41, 5.74) is 13.4. The molecule has 15 nitrogen and oxygen atoms in total. The van der Waals surface area contributed by atoms with E-state index in [1.54, 1.807) is 12.1 Å².